The van der Waals surface area contributed by atoms with Crippen LogP contribution >= 0.6 is 7.92 Å². The molecule has 2 aromatic rings. The molecule has 0 spiro atoms. The molecule has 0 saturated carbocycles. The number of rotatable bonds is 5. The predicted molar refractivity (Wildman–Crippen MR) is 110 cm³/mol. The summed E-state index contributed by atoms with van der Waals surface area (Å²) in [6.45, 7) is 5.81. The van der Waals surface area contributed by atoms with Gasteiger partial charge in [0.2, 0.25) is 0 Å². The van der Waals surface area contributed by atoms with Gasteiger partial charge in [-0.2, -0.15) is 0 Å². The van der Waals surface area contributed by atoms with Crippen molar-refractivity contribution in [1.29, 1.82) is 0 Å². The molecule has 3 nitrogen and oxygen atoms in total. The minimum atomic E-state index is -2.09. The Morgan fingerprint density at radius 2 is 1.36 bits per heavy atom. The molecule has 0 amide bonds. The van der Waals surface area contributed by atoms with Gasteiger partial charge in [-0.15, -0.1) is 0 Å². The molecule has 0 radical (unpaired) electrons. The molecule has 1 saturated heterocycles. The van der Waals surface area contributed by atoms with E-state index < -0.39 is 8.56 Å². The Labute approximate surface area is 154 Å². The van der Waals surface area contributed by atoms with Crippen LogP contribution in [0.1, 0.15) is 0 Å². The molecular weight excluding hydrogens is 345 g/mol. The lowest BCUT2D eigenvalue weighted by Gasteiger charge is -2.33. The first kappa shape index (κ1) is 18.7. The third-order valence-corrected chi connectivity index (χ3v) is 10.4. The molecule has 1 heterocycles. The van der Waals surface area contributed by atoms with Crippen molar-refractivity contribution >= 4 is 27.1 Å². The van der Waals surface area contributed by atoms with Gasteiger partial charge >= 0.3 is 8.56 Å². The van der Waals surface area contributed by atoms with Gasteiger partial charge in [-0.1, -0.05) is 60.7 Å². The smallest absolute Gasteiger partial charge is 0.335 e. The van der Waals surface area contributed by atoms with Crippen LogP contribution < -0.4 is 10.6 Å². The summed E-state index contributed by atoms with van der Waals surface area (Å²) >= 11 is 0. The molecule has 0 aromatic heterocycles. The summed E-state index contributed by atoms with van der Waals surface area (Å²) < 4.78 is 12.5. The highest BCUT2D eigenvalue weighted by Gasteiger charge is 2.34. The zero-order valence-electron chi connectivity index (χ0n) is 15.2. The topological polar surface area (TPSA) is 21.7 Å². The van der Waals surface area contributed by atoms with E-state index in [2.05, 4.69) is 79.2 Å². The predicted octanol–water partition coefficient (Wildman–Crippen LogP) is 3.17. The van der Waals surface area contributed by atoms with Crippen molar-refractivity contribution in [3.63, 3.8) is 0 Å². The lowest BCUT2D eigenvalue weighted by Crippen LogP contribution is -2.46. The van der Waals surface area contributed by atoms with Gasteiger partial charge in [-0.25, -0.2) is 0 Å². The first-order valence-corrected chi connectivity index (χ1v) is 13.1. The third kappa shape index (κ3) is 5.47. The number of hydrogen-bond donors (Lipinski definition) is 0. The van der Waals surface area contributed by atoms with E-state index in [0.717, 1.165) is 38.5 Å². The second-order valence-electron chi connectivity index (χ2n) is 6.71. The summed E-state index contributed by atoms with van der Waals surface area (Å²) in [6, 6.07) is 22.9. The Balaban J connectivity index is 1.72. The normalized spacial score (nSPS) is 18.7. The summed E-state index contributed by atoms with van der Waals surface area (Å²) in [5, 5.41) is 2.87. The van der Waals surface area contributed by atoms with Crippen molar-refractivity contribution in [2.45, 2.75) is 12.6 Å². The maximum atomic E-state index is 6.25. The van der Waals surface area contributed by atoms with Crippen LogP contribution in [0.25, 0.3) is 0 Å². The average Bonchev–Trinajstić information content (AvgIpc) is 2.62. The Morgan fingerprint density at radius 3 is 1.84 bits per heavy atom. The molecule has 5 heteroatoms. The highest BCUT2D eigenvalue weighted by Crippen LogP contribution is 2.36. The SMILES string of the molecule is CN1CCO[Si](C)(CCP(c2ccccc2)c2ccccc2)OCC1. The molecule has 0 atom stereocenters. The number of hydrogen-bond acceptors (Lipinski definition) is 3. The molecule has 3 rings (SSSR count). The summed E-state index contributed by atoms with van der Waals surface area (Å²) in [5.41, 5.74) is 0. The number of benzene rings is 2. The van der Waals surface area contributed by atoms with E-state index >= 15 is 0 Å². The van der Waals surface area contributed by atoms with Gasteiger partial charge in [0, 0.05) is 26.3 Å². The average molecular weight is 374 g/mol. The van der Waals surface area contributed by atoms with Gasteiger partial charge in [0.05, 0.1) is 0 Å². The Bertz CT molecular complexity index is 591. The molecule has 1 aliphatic heterocycles. The molecule has 25 heavy (non-hydrogen) atoms. The maximum absolute atomic E-state index is 6.25. The van der Waals surface area contributed by atoms with E-state index in [4.69, 9.17) is 8.85 Å². The Morgan fingerprint density at radius 1 is 0.880 bits per heavy atom. The van der Waals surface area contributed by atoms with E-state index in [1.165, 1.54) is 10.6 Å². The van der Waals surface area contributed by atoms with Crippen molar-refractivity contribution in [2.75, 3.05) is 39.5 Å². The monoisotopic (exact) mass is 373 g/mol. The lowest BCUT2D eigenvalue weighted by atomic mass is 10.4. The van der Waals surface area contributed by atoms with Gasteiger partial charge in [0.1, 0.15) is 0 Å². The van der Waals surface area contributed by atoms with Gasteiger partial charge in [-0.3, -0.25) is 0 Å². The molecule has 134 valence electrons. The van der Waals surface area contributed by atoms with Crippen LogP contribution in [-0.4, -0.2) is 53.0 Å². The first-order chi connectivity index (χ1) is 12.2. The van der Waals surface area contributed by atoms with Crippen molar-refractivity contribution < 1.29 is 8.85 Å². The fraction of sp³-hybridized carbons (Fsp3) is 0.400. The highest BCUT2D eigenvalue weighted by atomic mass is 31.1. The molecule has 0 aliphatic carbocycles. The second-order valence-corrected chi connectivity index (χ2v) is 12.4. The molecule has 0 N–H and O–H groups in total. The largest absolute Gasteiger partial charge is 0.393 e. The molecule has 0 bridgehead atoms. The van der Waals surface area contributed by atoms with E-state index in [0.29, 0.717) is 0 Å². The van der Waals surface area contributed by atoms with Gasteiger partial charge < -0.3 is 13.8 Å². The van der Waals surface area contributed by atoms with Crippen LogP contribution in [0.4, 0.5) is 0 Å². The molecule has 2 aromatic carbocycles. The van der Waals surface area contributed by atoms with E-state index in [1.807, 2.05) is 0 Å². The maximum Gasteiger partial charge on any atom is 0.335 e. The van der Waals surface area contributed by atoms with Crippen LogP contribution in [0.3, 0.4) is 0 Å². The summed E-state index contributed by atoms with van der Waals surface area (Å²) in [5.74, 6) is 0. The Kier molecular flexibility index (Phi) is 6.80. The fourth-order valence-electron chi connectivity index (χ4n) is 3.07. The minimum absolute atomic E-state index is 0.367. The van der Waals surface area contributed by atoms with Gasteiger partial charge in [-0.05, 0) is 44.3 Å². The molecule has 1 aliphatic rings. The third-order valence-electron chi connectivity index (χ3n) is 4.69. The van der Waals surface area contributed by atoms with Crippen LogP contribution in [-0.2, 0) is 8.85 Å². The molecular formula is C20H28NO2PSi. The second kappa shape index (κ2) is 9.06. The van der Waals surface area contributed by atoms with Crippen LogP contribution in [0, 0.1) is 0 Å². The van der Waals surface area contributed by atoms with Crippen molar-refractivity contribution in [2.24, 2.45) is 0 Å². The minimum Gasteiger partial charge on any atom is -0.393 e. The lowest BCUT2D eigenvalue weighted by molar-refractivity contribution is 0.110. The Hall–Kier alpha value is -1.03. The van der Waals surface area contributed by atoms with Gasteiger partial charge in [0.25, 0.3) is 0 Å². The molecule has 0 unspecified atom stereocenters. The summed E-state index contributed by atoms with van der Waals surface area (Å²) in [6.07, 6.45) is 1.13. The standard InChI is InChI=1S/C20H28NO2PSi/c1-21-13-15-22-25(2,23-16-14-21)18-17-24(19-9-5-3-6-10-19)20-11-7-4-8-12-20/h3-12H,13-18H2,1-2H3. The van der Waals surface area contributed by atoms with Crippen molar-refractivity contribution in [1.82, 2.24) is 4.90 Å². The summed E-state index contributed by atoms with van der Waals surface area (Å²) in [7, 11) is -0.329. The number of likely N-dealkylation sites (N-methyl/N-ethyl adjacent to an activating group) is 1. The summed E-state index contributed by atoms with van der Waals surface area (Å²) in [4.78, 5) is 2.27. The fourth-order valence-corrected chi connectivity index (χ4v) is 8.89. The van der Waals surface area contributed by atoms with Crippen LogP contribution in [0.15, 0.2) is 60.7 Å². The zero-order chi connectivity index (χ0) is 17.5. The first-order valence-electron chi connectivity index (χ1n) is 9.00. The van der Waals surface area contributed by atoms with E-state index in [-0.39, 0.29) is 7.92 Å². The number of nitrogens with zero attached hydrogens (tertiary/aromatic N) is 1. The zero-order valence-corrected chi connectivity index (χ0v) is 17.1. The highest BCUT2D eigenvalue weighted by molar-refractivity contribution is 7.73. The molecule has 1 fully saturated rings. The van der Waals surface area contributed by atoms with Crippen LogP contribution in [0.5, 0.6) is 0 Å². The van der Waals surface area contributed by atoms with Gasteiger partial charge in [0.15, 0.2) is 0 Å². The van der Waals surface area contributed by atoms with Crippen LogP contribution in [0.2, 0.25) is 12.6 Å². The van der Waals surface area contributed by atoms with Crippen molar-refractivity contribution in [3.8, 4) is 0 Å². The quantitative estimate of drug-likeness (QED) is 0.594. The van der Waals surface area contributed by atoms with Crippen molar-refractivity contribution in [3.05, 3.63) is 60.7 Å². The van der Waals surface area contributed by atoms with E-state index in [9.17, 15) is 0 Å². The van der Waals surface area contributed by atoms with E-state index in [1.54, 1.807) is 0 Å².